The first kappa shape index (κ1) is 15.2. The third-order valence-electron chi connectivity index (χ3n) is 2.31. The molecule has 0 amide bonds. The zero-order valence-electron chi connectivity index (χ0n) is 10.8. The van der Waals surface area contributed by atoms with Crippen molar-refractivity contribution in [3.8, 4) is 0 Å². The van der Waals surface area contributed by atoms with Gasteiger partial charge >= 0.3 is 5.97 Å². The Bertz CT molecular complexity index is 610. The van der Waals surface area contributed by atoms with Gasteiger partial charge in [0.25, 0.3) is 0 Å². The van der Waals surface area contributed by atoms with Crippen molar-refractivity contribution in [2.24, 2.45) is 0 Å². The molecule has 0 atom stereocenters. The third-order valence-corrected chi connectivity index (χ3v) is 3.38. The van der Waals surface area contributed by atoms with Gasteiger partial charge in [0.05, 0.1) is 7.11 Å². The number of hydrogen-bond acceptors (Lipinski definition) is 5. The molecule has 19 heavy (non-hydrogen) atoms. The van der Waals surface area contributed by atoms with Gasteiger partial charge < -0.3 is 9.64 Å². The van der Waals surface area contributed by atoms with E-state index in [0.717, 1.165) is 19.6 Å². The average molecular weight is 287 g/mol. The molecular weight excluding hydrogens is 273 g/mol. The van der Waals surface area contributed by atoms with Crippen LogP contribution in [-0.4, -0.2) is 34.8 Å². The first-order valence-corrected chi connectivity index (χ1v) is 7.13. The highest BCUT2D eigenvalue weighted by Gasteiger charge is 2.22. The minimum atomic E-state index is -3.74. The number of rotatable bonds is 4. The molecule has 0 bridgehead atoms. The van der Waals surface area contributed by atoms with Crippen LogP contribution in [0.1, 0.15) is 0 Å². The SMILES string of the molecule is COC(=O)/C(=C\N(C)c1cccc(F)c1)S(C)(=O)=O. The molecule has 0 saturated heterocycles. The second kappa shape index (κ2) is 5.83. The molecule has 0 fully saturated rings. The van der Waals surface area contributed by atoms with Gasteiger partial charge in [-0.05, 0) is 18.2 Å². The first-order valence-electron chi connectivity index (χ1n) is 5.24. The Kier molecular flexibility index (Phi) is 4.66. The molecule has 0 spiro atoms. The average Bonchev–Trinajstić information content (AvgIpc) is 2.33. The Morgan fingerprint density at radius 3 is 2.53 bits per heavy atom. The van der Waals surface area contributed by atoms with Crippen LogP contribution in [0.25, 0.3) is 0 Å². The maximum atomic E-state index is 13.1. The maximum absolute atomic E-state index is 13.1. The van der Waals surface area contributed by atoms with Gasteiger partial charge in [-0.25, -0.2) is 17.6 Å². The van der Waals surface area contributed by atoms with E-state index in [0.29, 0.717) is 5.69 Å². The van der Waals surface area contributed by atoms with Crippen molar-refractivity contribution < 1.29 is 22.3 Å². The second-order valence-corrected chi connectivity index (χ2v) is 5.83. The Balaban J connectivity index is 3.20. The number of benzene rings is 1. The Labute approximate surface area is 111 Å². The summed E-state index contributed by atoms with van der Waals surface area (Å²) in [5, 5.41) is 0. The predicted octanol–water partition coefficient (Wildman–Crippen LogP) is 1.32. The number of hydrogen-bond donors (Lipinski definition) is 0. The van der Waals surface area contributed by atoms with Crippen LogP contribution in [0.4, 0.5) is 10.1 Å². The standard InChI is InChI=1S/C12H14FNO4S/c1-14(10-6-4-5-9(13)7-10)8-11(12(15)18-2)19(3,16)17/h4-8H,1-3H3/b11-8+. The van der Waals surface area contributed by atoms with Gasteiger partial charge in [-0.1, -0.05) is 6.07 Å². The predicted molar refractivity (Wildman–Crippen MR) is 69.7 cm³/mol. The normalized spacial score (nSPS) is 12.1. The van der Waals surface area contributed by atoms with E-state index < -0.39 is 26.5 Å². The van der Waals surface area contributed by atoms with Gasteiger partial charge in [-0.15, -0.1) is 0 Å². The van der Waals surface area contributed by atoms with Gasteiger partial charge in [0, 0.05) is 25.2 Å². The zero-order valence-corrected chi connectivity index (χ0v) is 11.6. The molecule has 5 nitrogen and oxygen atoms in total. The molecule has 0 N–H and O–H groups in total. The monoisotopic (exact) mass is 287 g/mol. The van der Waals surface area contributed by atoms with Crippen LogP contribution in [0.2, 0.25) is 0 Å². The molecule has 1 rings (SSSR count). The highest BCUT2D eigenvalue weighted by atomic mass is 32.2. The highest BCUT2D eigenvalue weighted by Crippen LogP contribution is 2.17. The zero-order chi connectivity index (χ0) is 14.6. The van der Waals surface area contributed by atoms with Crippen LogP contribution < -0.4 is 4.90 Å². The number of carbonyl (C=O) groups is 1. The number of anilines is 1. The fourth-order valence-corrected chi connectivity index (χ4v) is 2.08. The van der Waals surface area contributed by atoms with Crippen LogP contribution in [0.3, 0.4) is 0 Å². The van der Waals surface area contributed by atoms with Gasteiger partial charge in [0.15, 0.2) is 14.7 Å². The lowest BCUT2D eigenvalue weighted by atomic mass is 10.3. The lowest BCUT2D eigenvalue weighted by Gasteiger charge is -2.15. The Hall–Kier alpha value is -1.89. The summed E-state index contributed by atoms with van der Waals surface area (Å²) < 4.78 is 40.5. The summed E-state index contributed by atoms with van der Waals surface area (Å²) >= 11 is 0. The molecule has 1 aromatic carbocycles. The smallest absolute Gasteiger partial charge is 0.351 e. The summed E-state index contributed by atoms with van der Waals surface area (Å²) in [5.41, 5.74) is 0.407. The van der Waals surface area contributed by atoms with Gasteiger partial charge in [0.2, 0.25) is 0 Å². The molecule has 0 unspecified atom stereocenters. The van der Waals surface area contributed by atoms with E-state index in [1.165, 1.54) is 30.1 Å². The van der Waals surface area contributed by atoms with E-state index in [2.05, 4.69) is 4.74 Å². The molecule has 104 valence electrons. The Morgan fingerprint density at radius 1 is 1.42 bits per heavy atom. The second-order valence-electron chi connectivity index (χ2n) is 3.85. The van der Waals surface area contributed by atoms with Crippen LogP contribution in [0, 0.1) is 5.82 Å². The van der Waals surface area contributed by atoms with Gasteiger partial charge in [-0.3, -0.25) is 0 Å². The number of nitrogens with zero attached hydrogens (tertiary/aromatic N) is 1. The highest BCUT2D eigenvalue weighted by molar-refractivity contribution is 7.95. The number of esters is 1. The lowest BCUT2D eigenvalue weighted by Crippen LogP contribution is -2.19. The summed E-state index contributed by atoms with van der Waals surface area (Å²) in [7, 11) is -1.15. The van der Waals surface area contributed by atoms with Crippen LogP contribution in [0.15, 0.2) is 35.4 Å². The molecule has 0 heterocycles. The molecule has 0 aliphatic heterocycles. The van der Waals surface area contributed by atoms with Crippen molar-refractivity contribution in [1.82, 2.24) is 0 Å². The molecule has 7 heteroatoms. The summed E-state index contributed by atoms with van der Waals surface area (Å²) in [4.78, 5) is 12.3. The molecule has 0 aromatic heterocycles. The van der Waals surface area contributed by atoms with Crippen molar-refractivity contribution in [2.45, 2.75) is 0 Å². The summed E-state index contributed by atoms with van der Waals surface area (Å²) in [6.07, 6.45) is 1.99. The number of ether oxygens (including phenoxy) is 1. The molecule has 0 saturated carbocycles. The number of methoxy groups -OCH3 is 1. The van der Waals surface area contributed by atoms with Crippen molar-refractivity contribution in [3.05, 3.63) is 41.2 Å². The van der Waals surface area contributed by atoms with E-state index in [9.17, 15) is 17.6 Å². The van der Waals surface area contributed by atoms with Crippen LogP contribution in [0.5, 0.6) is 0 Å². The number of carbonyl (C=O) groups excluding carboxylic acids is 1. The van der Waals surface area contributed by atoms with E-state index in [-0.39, 0.29) is 0 Å². The fraction of sp³-hybridized carbons (Fsp3) is 0.250. The van der Waals surface area contributed by atoms with Crippen molar-refractivity contribution in [2.75, 3.05) is 25.3 Å². The van der Waals surface area contributed by atoms with Gasteiger partial charge in [0.1, 0.15) is 5.82 Å². The minimum Gasteiger partial charge on any atom is -0.465 e. The summed E-state index contributed by atoms with van der Waals surface area (Å²) in [6.45, 7) is 0. The largest absolute Gasteiger partial charge is 0.465 e. The van der Waals surface area contributed by atoms with Crippen LogP contribution >= 0.6 is 0 Å². The van der Waals surface area contributed by atoms with Crippen molar-refractivity contribution in [3.63, 3.8) is 0 Å². The molecule has 0 radical (unpaired) electrons. The molecule has 0 aliphatic rings. The summed E-state index contributed by atoms with van der Waals surface area (Å²) in [5.74, 6) is -1.43. The molecular formula is C12H14FNO4S. The molecule has 0 aliphatic carbocycles. The third kappa shape index (κ3) is 4.06. The fourth-order valence-electron chi connectivity index (χ4n) is 1.35. The van der Waals surface area contributed by atoms with E-state index >= 15 is 0 Å². The van der Waals surface area contributed by atoms with E-state index in [4.69, 9.17) is 0 Å². The van der Waals surface area contributed by atoms with E-state index in [1.54, 1.807) is 6.07 Å². The Morgan fingerprint density at radius 2 is 2.05 bits per heavy atom. The van der Waals surface area contributed by atoms with Crippen LogP contribution in [-0.2, 0) is 19.4 Å². The van der Waals surface area contributed by atoms with E-state index in [1.807, 2.05) is 0 Å². The quantitative estimate of drug-likeness (QED) is 0.617. The first-order chi connectivity index (χ1) is 8.75. The molecule has 1 aromatic rings. The van der Waals surface area contributed by atoms with Crippen molar-refractivity contribution in [1.29, 1.82) is 0 Å². The maximum Gasteiger partial charge on any atom is 0.351 e. The van der Waals surface area contributed by atoms with Gasteiger partial charge in [-0.2, -0.15) is 0 Å². The summed E-state index contributed by atoms with van der Waals surface area (Å²) in [6, 6.07) is 5.54. The van der Waals surface area contributed by atoms with Crippen molar-refractivity contribution >= 4 is 21.5 Å². The number of halogens is 1. The topological polar surface area (TPSA) is 63.7 Å². The minimum absolute atomic E-state index is 0.407. The lowest BCUT2D eigenvalue weighted by molar-refractivity contribution is -0.135. The number of sulfone groups is 1.